The highest BCUT2D eigenvalue weighted by atomic mass is 35.5. The summed E-state index contributed by atoms with van der Waals surface area (Å²) in [6.07, 6.45) is 8.94. The molecule has 0 saturated carbocycles. The van der Waals surface area contributed by atoms with E-state index in [9.17, 15) is 0 Å². The average molecular weight is 283 g/mol. The van der Waals surface area contributed by atoms with E-state index in [1.54, 1.807) is 6.33 Å². The molecule has 0 aliphatic rings. The van der Waals surface area contributed by atoms with E-state index in [1.807, 2.05) is 0 Å². The smallest absolute Gasteiger partial charge is 0.244 e. The Labute approximate surface area is 117 Å². The van der Waals surface area contributed by atoms with E-state index in [-0.39, 0.29) is 5.28 Å². The first-order chi connectivity index (χ1) is 9.31. The van der Waals surface area contributed by atoms with Crippen LogP contribution in [0.2, 0.25) is 5.28 Å². The molecule has 0 amide bonds. The third kappa shape index (κ3) is 4.06. The van der Waals surface area contributed by atoms with Crippen LogP contribution < -0.4 is 4.74 Å². The maximum atomic E-state index is 5.82. The molecule has 0 spiro atoms. The van der Waals surface area contributed by atoms with Crippen LogP contribution >= 0.6 is 11.6 Å². The van der Waals surface area contributed by atoms with Crippen LogP contribution in [0.25, 0.3) is 11.2 Å². The Morgan fingerprint density at radius 1 is 1.16 bits per heavy atom. The molecule has 19 heavy (non-hydrogen) atoms. The SMILES string of the molecule is CCCCCCCCOc1nc(Cl)nc2nc[nH]c12. The standard InChI is InChI=1S/C13H19ClN4O/c1-2-3-4-5-6-7-8-19-12-10-11(16-9-15-10)17-13(14)18-12/h9H,2-8H2,1H3,(H,15,16,17,18). The summed E-state index contributed by atoms with van der Waals surface area (Å²) in [6.45, 7) is 2.87. The van der Waals surface area contributed by atoms with Gasteiger partial charge in [-0.1, -0.05) is 39.0 Å². The van der Waals surface area contributed by atoms with Crippen LogP contribution in [-0.4, -0.2) is 26.5 Å². The maximum absolute atomic E-state index is 5.82. The average Bonchev–Trinajstić information content (AvgIpc) is 2.85. The molecular weight excluding hydrogens is 264 g/mol. The number of fused-ring (bicyclic) bond motifs is 1. The van der Waals surface area contributed by atoms with Gasteiger partial charge in [-0.25, -0.2) is 4.98 Å². The molecule has 6 heteroatoms. The molecule has 1 N–H and O–H groups in total. The van der Waals surface area contributed by atoms with Crippen LogP contribution in [0, 0.1) is 0 Å². The highest BCUT2D eigenvalue weighted by molar-refractivity contribution is 6.28. The van der Waals surface area contributed by atoms with Gasteiger partial charge in [-0.15, -0.1) is 0 Å². The Morgan fingerprint density at radius 3 is 2.79 bits per heavy atom. The Bertz CT molecular complexity index is 514. The fourth-order valence-corrected chi connectivity index (χ4v) is 2.09. The number of nitrogens with one attached hydrogen (secondary N) is 1. The number of halogens is 1. The van der Waals surface area contributed by atoms with Gasteiger partial charge in [0, 0.05) is 0 Å². The van der Waals surface area contributed by atoms with Gasteiger partial charge in [-0.05, 0) is 18.0 Å². The number of aromatic amines is 1. The molecular formula is C13H19ClN4O. The molecule has 0 aliphatic heterocycles. The number of unbranched alkanes of at least 4 members (excludes halogenated alkanes) is 5. The van der Waals surface area contributed by atoms with Crippen molar-refractivity contribution >= 4 is 22.8 Å². The molecule has 0 saturated heterocycles. The zero-order valence-electron chi connectivity index (χ0n) is 11.2. The summed E-state index contributed by atoms with van der Waals surface area (Å²) in [6, 6.07) is 0. The van der Waals surface area contributed by atoms with Crippen molar-refractivity contribution in [1.82, 2.24) is 19.9 Å². The Kier molecular flexibility index (Phi) is 5.39. The van der Waals surface area contributed by atoms with Crippen molar-refractivity contribution in [2.75, 3.05) is 6.61 Å². The van der Waals surface area contributed by atoms with Gasteiger partial charge in [0.1, 0.15) is 5.52 Å². The molecule has 2 aromatic heterocycles. The molecule has 0 atom stereocenters. The summed E-state index contributed by atoms with van der Waals surface area (Å²) in [4.78, 5) is 15.1. The Morgan fingerprint density at radius 2 is 1.95 bits per heavy atom. The number of hydrogen-bond donors (Lipinski definition) is 1. The van der Waals surface area contributed by atoms with Crippen molar-refractivity contribution < 1.29 is 4.74 Å². The number of H-pyrrole nitrogens is 1. The van der Waals surface area contributed by atoms with Crippen molar-refractivity contribution in [2.45, 2.75) is 45.4 Å². The normalized spacial score (nSPS) is 11.1. The van der Waals surface area contributed by atoms with E-state index < -0.39 is 0 Å². The number of aromatic nitrogens is 4. The molecule has 0 bridgehead atoms. The number of ether oxygens (including phenoxy) is 1. The zero-order chi connectivity index (χ0) is 13.5. The summed E-state index contributed by atoms with van der Waals surface area (Å²) in [7, 11) is 0. The highest BCUT2D eigenvalue weighted by Gasteiger charge is 2.09. The summed E-state index contributed by atoms with van der Waals surface area (Å²) < 4.78 is 5.66. The first kappa shape index (κ1) is 14.1. The van der Waals surface area contributed by atoms with Crippen molar-refractivity contribution in [3.63, 3.8) is 0 Å². The van der Waals surface area contributed by atoms with Gasteiger partial charge >= 0.3 is 0 Å². The van der Waals surface area contributed by atoms with Crippen LogP contribution in [0.1, 0.15) is 45.4 Å². The second kappa shape index (κ2) is 7.28. The first-order valence-corrected chi connectivity index (χ1v) is 7.18. The molecule has 104 valence electrons. The first-order valence-electron chi connectivity index (χ1n) is 6.80. The fraction of sp³-hybridized carbons (Fsp3) is 0.615. The summed E-state index contributed by atoms with van der Waals surface area (Å²) in [5.41, 5.74) is 1.24. The van der Waals surface area contributed by atoms with Crippen molar-refractivity contribution in [3.05, 3.63) is 11.6 Å². The van der Waals surface area contributed by atoms with Gasteiger partial charge < -0.3 is 9.72 Å². The van der Waals surface area contributed by atoms with Gasteiger partial charge in [0.15, 0.2) is 5.65 Å². The summed E-state index contributed by atoms with van der Waals surface area (Å²) >= 11 is 5.82. The number of rotatable bonds is 8. The van der Waals surface area contributed by atoms with E-state index in [0.717, 1.165) is 6.42 Å². The maximum Gasteiger partial charge on any atom is 0.244 e. The Balaban J connectivity index is 1.79. The predicted molar refractivity (Wildman–Crippen MR) is 75.6 cm³/mol. The van der Waals surface area contributed by atoms with E-state index in [1.165, 1.54) is 32.1 Å². The largest absolute Gasteiger partial charge is 0.476 e. The van der Waals surface area contributed by atoms with Crippen LogP contribution in [0.15, 0.2) is 6.33 Å². The molecule has 2 rings (SSSR count). The molecule has 0 unspecified atom stereocenters. The van der Waals surface area contributed by atoms with Gasteiger partial charge in [-0.3, -0.25) is 0 Å². The minimum absolute atomic E-state index is 0.164. The predicted octanol–water partition coefficient (Wildman–Crippen LogP) is 3.75. The van der Waals surface area contributed by atoms with Crippen LogP contribution in [-0.2, 0) is 0 Å². The third-order valence-corrected chi connectivity index (χ3v) is 3.13. The van der Waals surface area contributed by atoms with E-state index in [0.29, 0.717) is 23.7 Å². The van der Waals surface area contributed by atoms with E-state index >= 15 is 0 Å². The molecule has 0 fully saturated rings. The molecule has 2 aromatic rings. The number of hydrogen-bond acceptors (Lipinski definition) is 4. The second-order valence-electron chi connectivity index (χ2n) is 4.52. The van der Waals surface area contributed by atoms with E-state index in [2.05, 4.69) is 26.9 Å². The minimum atomic E-state index is 0.164. The Hall–Kier alpha value is -1.36. The van der Waals surface area contributed by atoms with Gasteiger partial charge in [0.05, 0.1) is 12.9 Å². The summed E-state index contributed by atoms with van der Waals surface area (Å²) in [5, 5.41) is 0.164. The zero-order valence-corrected chi connectivity index (χ0v) is 11.9. The molecule has 0 aliphatic carbocycles. The minimum Gasteiger partial charge on any atom is -0.476 e. The van der Waals surface area contributed by atoms with Crippen LogP contribution in [0.5, 0.6) is 5.88 Å². The lowest BCUT2D eigenvalue weighted by Crippen LogP contribution is -2.01. The topological polar surface area (TPSA) is 63.7 Å². The lowest BCUT2D eigenvalue weighted by atomic mass is 10.1. The van der Waals surface area contributed by atoms with Crippen molar-refractivity contribution in [1.29, 1.82) is 0 Å². The fourth-order valence-electron chi connectivity index (χ4n) is 1.94. The monoisotopic (exact) mass is 282 g/mol. The quantitative estimate of drug-likeness (QED) is 0.592. The third-order valence-electron chi connectivity index (χ3n) is 2.96. The molecule has 0 aromatic carbocycles. The van der Waals surface area contributed by atoms with Gasteiger partial charge in [0.25, 0.3) is 0 Å². The lowest BCUT2D eigenvalue weighted by molar-refractivity contribution is 0.296. The van der Waals surface area contributed by atoms with Gasteiger partial charge in [0.2, 0.25) is 11.2 Å². The highest BCUT2D eigenvalue weighted by Crippen LogP contribution is 2.21. The van der Waals surface area contributed by atoms with Crippen LogP contribution in [0.4, 0.5) is 0 Å². The van der Waals surface area contributed by atoms with Crippen molar-refractivity contribution in [2.24, 2.45) is 0 Å². The van der Waals surface area contributed by atoms with E-state index in [4.69, 9.17) is 16.3 Å². The number of imidazole rings is 1. The lowest BCUT2D eigenvalue weighted by Gasteiger charge is -2.06. The van der Waals surface area contributed by atoms with Gasteiger partial charge in [-0.2, -0.15) is 9.97 Å². The second-order valence-corrected chi connectivity index (χ2v) is 4.85. The summed E-state index contributed by atoms with van der Waals surface area (Å²) in [5.74, 6) is 0.487. The van der Waals surface area contributed by atoms with Crippen molar-refractivity contribution in [3.8, 4) is 5.88 Å². The van der Waals surface area contributed by atoms with Crippen LogP contribution in [0.3, 0.4) is 0 Å². The molecule has 0 radical (unpaired) electrons. The number of nitrogens with zero attached hydrogens (tertiary/aromatic N) is 3. The molecule has 5 nitrogen and oxygen atoms in total. The molecule has 2 heterocycles.